The highest BCUT2D eigenvalue weighted by atomic mass is 32.2. The standard InChI is InChI=1S/C27H21N5O2S2/c1-17-5-3-6-21-23(17)25(34)32(2)27(31-21)35-16-18-7-9-19(10-8-18)24(33)20-11-12-22(30-15-20)36-26-28-13-4-14-29-26/h3-15H,16H2,1-2H3. The van der Waals surface area contributed by atoms with Gasteiger partial charge < -0.3 is 0 Å². The number of hydrogen-bond acceptors (Lipinski definition) is 8. The molecule has 0 bridgehead atoms. The number of aryl methyl sites for hydroxylation is 1. The topological polar surface area (TPSA) is 90.6 Å². The summed E-state index contributed by atoms with van der Waals surface area (Å²) in [6, 6.07) is 18.5. The van der Waals surface area contributed by atoms with Crippen LogP contribution in [0.3, 0.4) is 0 Å². The first-order valence-electron chi connectivity index (χ1n) is 11.1. The lowest BCUT2D eigenvalue weighted by atomic mass is 10.0. The van der Waals surface area contributed by atoms with E-state index in [0.29, 0.717) is 38.1 Å². The second-order valence-electron chi connectivity index (χ2n) is 8.06. The number of carbonyl (C=O) groups excluding carboxylic acids is 1. The number of fused-ring (bicyclic) bond motifs is 1. The molecule has 0 atom stereocenters. The zero-order valence-electron chi connectivity index (χ0n) is 19.6. The van der Waals surface area contributed by atoms with Gasteiger partial charge in [0.15, 0.2) is 16.1 Å². The Morgan fingerprint density at radius 3 is 2.39 bits per heavy atom. The van der Waals surface area contributed by atoms with Crippen LogP contribution in [0.2, 0.25) is 0 Å². The van der Waals surface area contributed by atoms with Gasteiger partial charge >= 0.3 is 0 Å². The van der Waals surface area contributed by atoms with Gasteiger partial charge in [-0.1, -0.05) is 48.2 Å². The maximum atomic E-state index is 12.9. The van der Waals surface area contributed by atoms with E-state index in [9.17, 15) is 9.59 Å². The fraction of sp³-hybridized carbons (Fsp3) is 0.111. The fourth-order valence-corrected chi connectivity index (χ4v) is 5.24. The number of carbonyl (C=O) groups is 1. The van der Waals surface area contributed by atoms with E-state index in [1.807, 2.05) is 49.4 Å². The van der Waals surface area contributed by atoms with Crippen LogP contribution in [0.5, 0.6) is 0 Å². The van der Waals surface area contributed by atoms with E-state index in [1.165, 1.54) is 23.5 Å². The van der Waals surface area contributed by atoms with E-state index in [-0.39, 0.29) is 11.3 Å². The zero-order chi connectivity index (χ0) is 25.1. The Morgan fingerprint density at radius 1 is 0.917 bits per heavy atom. The molecule has 0 amide bonds. The normalized spacial score (nSPS) is 11.1. The molecule has 0 aliphatic rings. The number of pyridine rings is 1. The molecule has 0 aliphatic heterocycles. The van der Waals surface area contributed by atoms with Crippen LogP contribution in [0, 0.1) is 6.92 Å². The maximum Gasteiger partial charge on any atom is 0.262 e. The number of ketones is 1. The number of thioether (sulfide) groups is 1. The molecule has 178 valence electrons. The maximum absolute atomic E-state index is 12.9. The molecule has 9 heteroatoms. The lowest BCUT2D eigenvalue weighted by Gasteiger charge is -2.10. The van der Waals surface area contributed by atoms with Crippen molar-refractivity contribution in [3.8, 4) is 0 Å². The Kier molecular flexibility index (Phi) is 6.92. The van der Waals surface area contributed by atoms with E-state index < -0.39 is 0 Å². The Labute approximate surface area is 216 Å². The first-order chi connectivity index (χ1) is 17.5. The Hall–Kier alpha value is -3.82. The molecule has 0 N–H and O–H groups in total. The SMILES string of the molecule is Cc1cccc2nc(SCc3ccc(C(=O)c4ccc(Sc5ncccn5)nc4)cc3)n(C)c(=O)c12. The molecule has 0 saturated heterocycles. The van der Waals surface area contributed by atoms with Gasteiger partial charge in [-0.05, 0) is 54.1 Å². The Bertz CT molecular complexity index is 1600. The summed E-state index contributed by atoms with van der Waals surface area (Å²) in [7, 11) is 1.75. The van der Waals surface area contributed by atoms with Crippen LogP contribution >= 0.6 is 23.5 Å². The van der Waals surface area contributed by atoms with Crippen LogP contribution in [0.4, 0.5) is 0 Å². The minimum Gasteiger partial charge on any atom is -0.290 e. The predicted molar refractivity (Wildman–Crippen MR) is 142 cm³/mol. The number of nitrogens with zero attached hydrogens (tertiary/aromatic N) is 5. The largest absolute Gasteiger partial charge is 0.290 e. The van der Waals surface area contributed by atoms with Gasteiger partial charge in [0, 0.05) is 42.5 Å². The summed E-state index contributed by atoms with van der Waals surface area (Å²) in [5, 5.41) is 2.63. The molecule has 2 aromatic carbocycles. The van der Waals surface area contributed by atoms with Crippen LogP contribution in [-0.4, -0.2) is 30.3 Å². The first kappa shape index (κ1) is 23.9. The molecule has 5 aromatic rings. The second kappa shape index (κ2) is 10.4. The van der Waals surface area contributed by atoms with Crippen LogP contribution in [0.15, 0.2) is 99.4 Å². The fourth-order valence-electron chi connectivity index (χ4n) is 3.66. The van der Waals surface area contributed by atoms with Gasteiger partial charge in [-0.15, -0.1) is 0 Å². The summed E-state index contributed by atoms with van der Waals surface area (Å²) in [4.78, 5) is 43.1. The summed E-state index contributed by atoms with van der Waals surface area (Å²) in [6.07, 6.45) is 4.93. The number of aromatic nitrogens is 5. The van der Waals surface area contributed by atoms with Gasteiger partial charge in [-0.3, -0.25) is 14.2 Å². The van der Waals surface area contributed by atoms with Crippen molar-refractivity contribution >= 4 is 40.2 Å². The summed E-state index contributed by atoms with van der Waals surface area (Å²) in [6.45, 7) is 1.92. The molecule has 7 nitrogen and oxygen atoms in total. The molecule has 3 aromatic heterocycles. The van der Waals surface area contributed by atoms with E-state index >= 15 is 0 Å². The van der Waals surface area contributed by atoms with Gasteiger partial charge in [0.2, 0.25) is 0 Å². The van der Waals surface area contributed by atoms with Crippen molar-refractivity contribution in [2.24, 2.45) is 7.05 Å². The third-order valence-corrected chi connectivity index (χ3v) is 7.54. The Balaban J connectivity index is 1.26. The summed E-state index contributed by atoms with van der Waals surface area (Å²) < 4.78 is 1.59. The average Bonchev–Trinajstić information content (AvgIpc) is 2.91. The predicted octanol–water partition coefficient (Wildman–Crippen LogP) is 5.10. The molecule has 0 spiro atoms. The summed E-state index contributed by atoms with van der Waals surface area (Å²) >= 11 is 2.83. The smallest absolute Gasteiger partial charge is 0.262 e. The van der Waals surface area contributed by atoms with E-state index in [1.54, 1.807) is 48.4 Å². The molecule has 0 saturated carbocycles. The van der Waals surface area contributed by atoms with Crippen molar-refractivity contribution in [3.05, 3.63) is 112 Å². The first-order valence-corrected chi connectivity index (χ1v) is 12.9. The second-order valence-corrected chi connectivity index (χ2v) is 9.99. The minimum atomic E-state index is -0.0943. The third-order valence-electron chi connectivity index (χ3n) is 5.59. The highest BCUT2D eigenvalue weighted by molar-refractivity contribution is 7.99. The van der Waals surface area contributed by atoms with Gasteiger partial charge in [-0.2, -0.15) is 0 Å². The van der Waals surface area contributed by atoms with Crippen LogP contribution in [-0.2, 0) is 12.8 Å². The molecule has 5 rings (SSSR count). The van der Waals surface area contributed by atoms with Crippen molar-refractivity contribution in [1.82, 2.24) is 24.5 Å². The van der Waals surface area contributed by atoms with Gasteiger partial charge in [-0.25, -0.2) is 19.9 Å². The molecule has 3 heterocycles. The number of benzene rings is 2. The van der Waals surface area contributed by atoms with Crippen molar-refractivity contribution < 1.29 is 4.79 Å². The highest BCUT2D eigenvalue weighted by Gasteiger charge is 2.13. The number of hydrogen-bond donors (Lipinski definition) is 0. The number of rotatable bonds is 7. The van der Waals surface area contributed by atoms with E-state index in [4.69, 9.17) is 0 Å². The van der Waals surface area contributed by atoms with Crippen LogP contribution in [0.1, 0.15) is 27.0 Å². The van der Waals surface area contributed by atoms with Gasteiger partial charge in [0.1, 0.15) is 5.03 Å². The molecular weight excluding hydrogens is 490 g/mol. The summed E-state index contributed by atoms with van der Waals surface area (Å²) in [5.41, 5.74) is 3.71. The zero-order valence-corrected chi connectivity index (χ0v) is 21.2. The lowest BCUT2D eigenvalue weighted by molar-refractivity contribution is 0.103. The van der Waals surface area contributed by atoms with Crippen molar-refractivity contribution in [2.45, 2.75) is 28.0 Å². The van der Waals surface area contributed by atoms with Crippen LogP contribution in [0.25, 0.3) is 10.9 Å². The van der Waals surface area contributed by atoms with E-state index in [2.05, 4.69) is 19.9 Å². The summed E-state index contributed by atoms with van der Waals surface area (Å²) in [5.74, 6) is 0.532. The molecule has 0 radical (unpaired) electrons. The Morgan fingerprint density at radius 2 is 1.67 bits per heavy atom. The highest BCUT2D eigenvalue weighted by Crippen LogP contribution is 2.24. The lowest BCUT2D eigenvalue weighted by Crippen LogP contribution is -2.20. The molecule has 0 fully saturated rings. The quantitative estimate of drug-likeness (QED) is 0.169. The molecular formula is C27H21N5O2S2. The monoisotopic (exact) mass is 511 g/mol. The minimum absolute atomic E-state index is 0.0455. The van der Waals surface area contributed by atoms with Gasteiger partial charge in [0.25, 0.3) is 5.56 Å². The van der Waals surface area contributed by atoms with Crippen molar-refractivity contribution in [3.63, 3.8) is 0 Å². The molecule has 0 aliphatic carbocycles. The molecule has 0 unspecified atom stereocenters. The van der Waals surface area contributed by atoms with E-state index in [0.717, 1.165) is 16.2 Å². The van der Waals surface area contributed by atoms with Crippen LogP contribution < -0.4 is 5.56 Å². The van der Waals surface area contributed by atoms with Gasteiger partial charge in [0.05, 0.1) is 10.9 Å². The van der Waals surface area contributed by atoms with Crippen molar-refractivity contribution in [1.29, 1.82) is 0 Å². The molecule has 36 heavy (non-hydrogen) atoms. The van der Waals surface area contributed by atoms with Crippen molar-refractivity contribution in [2.75, 3.05) is 0 Å². The average molecular weight is 512 g/mol. The third kappa shape index (κ3) is 5.07.